The van der Waals surface area contributed by atoms with E-state index in [0.717, 1.165) is 12.0 Å². The lowest BCUT2D eigenvalue weighted by Gasteiger charge is -2.17. The van der Waals surface area contributed by atoms with Gasteiger partial charge in [-0.05, 0) is 31.5 Å². The molecule has 1 aliphatic heterocycles. The van der Waals surface area contributed by atoms with Gasteiger partial charge in [0.2, 0.25) is 5.28 Å². The lowest BCUT2D eigenvalue weighted by atomic mass is 10.0. The molecule has 0 amide bonds. The van der Waals surface area contributed by atoms with Crippen LogP contribution in [0.4, 0.5) is 0 Å². The van der Waals surface area contributed by atoms with Gasteiger partial charge in [0.1, 0.15) is 5.60 Å². The van der Waals surface area contributed by atoms with Gasteiger partial charge in [0.25, 0.3) is 0 Å². The highest BCUT2D eigenvalue weighted by Gasteiger charge is 2.32. The first kappa shape index (κ1) is 13.9. The molecule has 1 aromatic heterocycles. The molecule has 2 aromatic rings. The first-order chi connectivity index (χ1) is 9.97. The maximum absolute atomic E-state index is 5.92. The zero-order valence-corrected chi connectivity index (χ0v) is 12.6. The van der Waals surface area contributed by atoms with Crippen molar-refractivity contribution < 1.29 is 14.2 Å². The van der Waals surface area contributed by atoms with Gasteiger partial charge in [-0.25, -0.2) is 0 Å². The van der Waals surface area contributed by atoms with E-state index in [4.69, 9.17) is 25.8 Å². The summed E-state index contributed by atoms with van der Waals surface area (Å²) in [6.45, 7) is 4.05. The van der Waals surface area contributed by atoms with Gasteiger partial charge in [0.05, 0.1) is 7.11 Å². The number of para-hydroxylation sites is 1. The van der Waals surface area contributed by atoms with Crippen LogP contribution in [0.1, 0.15) is 19.4 Å². The minimum Gasteiger partial charge on any atom is -0.483 e. The molecule has 6 nitrogen and oxygen atoms in total. The van der Waals surface area contributed by atoms with E-state index in [2.05, 4.69) is 15.0 Å². The van der Waals surface area contributed by atoms with Crippen LogP contribution in [0.2, 0.25) is 5.28 Å². The molecule has 0 N–H and O–H groups in total. The maximum atomic E-state index is 5.92. The van der Waals surface area contributed by atoms with Crippen LogP contribution >= 0.6 is 11.6 Å². The summed E-state index contributed by atoms with van der Waals surface area (Å²) < 4.78 is 16.6. The number of rotatable bonds is 3. The number of benzene rings is 1. The lowest BCUT2D eigenvalue weighted by Crippen LogP contribution is -2.24. The number of nitrogens with zero attached hydrogens (tertiary/aromatic N) is 3. The second-order valence-corrected chi connectivity index (χ2v) is 5.60. The minimum absolute atomic E-state index is 0.00525. The summed E-state index contributed by atoms with van der Waals surface area (Å²) in [5, 5.41) is 0.00525. The first-order valence-corrected chi connectivity index (χ1v) is 6.79. The van der Waals surface area contributed by atoms with Crippen molar-refractivity contribution in [1.29, 1.82) is 0 Å². The van der Waals surface area contributed by atoms with Gasteiger partial charge in [0, 0.05) is 12.0 Å². The van der Waals surface area contributed by atoms with Gasteiger partial charge >= 0.3 is 12.0 Å². The predicted octanol–water partition coefficient (Wildman–Crippen LogP) is 3.04. The molecule has 0 fully saturated rings. The van der Waals surface area contributed by atoms with Gasteiger partial charge in [-0.2, -0.15) is 9.97 Å². The van der Waals surface area contributed by atoms with Crippen molar-refractivity contribution in [2.75, 3.05) is 7.11 Å². The molecule has 3 rings (SSSR count). The van der Waals surface area contributed by atoms with Crippen molar-refractivity contribution in [3.8, 4) is 23.5 Å². The Balaban J connectivity index is 1.94. The molecular formula is C14H14ClN3O3. The van der Waals surface area contributed by atoms with Crippen molar-refractivity contribution in [3.63, 3.8) is 0 Å². The van der Waals surface area contributed by atoms with Gasteiger partial charge in [-0.15, -0.1) is 4.98 Å². The van der Waals surface area contributed by atoms with E-state index in [9.17, 15) is 0 Å². The summed E-state index contributed by atoms with van der Waals surface area (Å²) in [7, 11) is 1.45. The molecule has 2 heterocycles. The topological polar surface area (TPSA) is 66.4 Å². The Bertz CT molecular complexity index is 691. The number of halogens is 1. The fourth-order valence-corrected chi connectivity index (χ4v) is 2.36. The molecular weight excluding hydrogens is 294 g/mol. The molecule has 0 saturated carbocycles. The molecule has 0 unspecified atom stereocenters. The second-order valence-electron chi connectivity index (χ2n) is 5.26. The summed E-state index contributed by atoms with van der Waals surface area (Å²) in [5.74, 6) is 1.25. The Labute approximate surface area is 127 Å². The third kappa shape index (κ3) is 2.85. The van der Waals surface area contributed by atoms with Crippen LogP contribution in [0.3, 0.4) is 0 Å². The van der Waals surface area contributed by atoms with Gasteiger partial charge < -0.3 is 14.2 Å². The number of hydrogen-bond donors (Lipinski definition) is 0. The molecule has 21 heavy (non-hydrogen) atoms. The Morgan fingerprint density at radius 3 is 2.71 bits per heavy atom. The van der Waals surface area contributed by atoms with E-state index in [1.807, 2.05) is 26.0 Å². The zero-order valence-electron chi connectivity index (χ0n) is 11.9. The Kier molecular flexibility index (Phi) is 3.33. The van der Waals surface area contributed by atoms with Crippen LogP contribution < -0.4 is 14.2 Å². The Morgan fingerprint density at radius 2 is 1.95 bits per heavy atom. The van der Waals surface area contributed by atoms with Crippen molar-refractivity contribution in [1.82, 2.24) is 15.0 Å². The second kappa shape index (κ2) is 5.04. The third-order valence-corrected chi connectivity index (χ3v) is 3.17. The standard InChI is InChI=1S/C14H14ClN3O3/c1-14(2)7-8-5-4-6-9(10(8)21-14)20-13-17-11(15)16-12(18-13)19-3/h4-6H,7H2,1-3H3. The normalized spacial score (nSPS) is 15.2. The SMILES string of the molecule is COc1nc(Cl)nc(Oc2cccc3c2OC(C)(C)C3)n1. The monoisotopic (exact) mass is 307 g/mol. The summed E-state index contributed by atoms with van der Waals surface area (Å²) in [6.07, 6.45) is 0.820. The van der Waals surface area contributed by atoms with Crippen LogP contribution in [0.15, 0.2) is 18.2 Å². The predicted molar refractivity (Wildman–Crippen MR) is 76.3 cm³/mol. The number of hydrogen-bond acceptors (Lipinski definition) is 6. The van der Waals surface area contributed by atoms with Crippen LogP contribution in [0, 0.1) is 0 Å². The van der Waals surface area contributed by atoms with E-state index in [-0.39, 0.29) is 22.9 Å². The van der Waals surface area contributed by atoms with Crippen LogP contribution in [-0.4, -0.2) is 27.7 Å². The number of aromatic nitrogens is 3. The van der Waals surface area contributed by atoms with Crippen molar-refractivity contribution in [2.45, 2.75) is 25.9 Å². The zero-order chi connectivity index (χ0) is 15.0. The number of methoxy groups -OCH3 is 1. The lowest BCUT2D eigenvalue weighted by molar-refractivity contribution is 0.134. The smallest absolute Gasteiger partial charge is 0.329 e. The number of fused-ring (bicyclic) bond motifs is 1. The van der Waals surface area contributed by atoms with Gasteiger partial charge in [-0.3, -0.25) is 0 Å². The molecule has 0 bridgehead atoms. The van der Waals surface area contributed by atoms with E-state index < -0.39 is 0 Å². The van der Waals surface area contributed by atoms with Crippen LogP contribution in [0.5, 0.6) is 23.5 Å². The van der Waals surface area contributed by atoms with Crippen molar-refractivity contribution in [2.24, 2.45) is 0 Å². The molecule has 0 radical (unpaired) electrons. The highest BCUT2D eigenvalue weighted by molar-refractivity contribution is 6.28. The number of ether oxygens (including phenoxy) is 3. The maximum Gasteiger partial charge on any atom is 0.329 e. The van der Waals surface area contributed by atoms with Crippen molar-refractivity contribution in [3.05, 3.63) is 29.0 Å². The molecule has 1 aliphatic rings. The molecule has 0 saturated heterocycles. The first-order valence-electron chi connectivity index (χ1n) is 6.41. The summed E-state index contributed by atoms with van der Waals surface area (Å²) >= 11 is 5.80. The minimum atomic E-state index is -0.254. The third-order valence-electron chi connectivity index (χ3n) is 3.01. The fraction of sp³-hybridized carbons (Fsp3) is 0.357. The van der Waals surface area contributed by atoms with Gasteiger partial charge in [0.15, 0.2) is 11.5 Å². The van der Waals surface area contributed by atoms with Crippen molar-refractivity contribution >= 4 is 11.6 Å². The average Bonchev–Trinajstić information content (AvgIpc) is 2.73. The Hall–Kier alpha value is -2.08. The summed E-state index contributed by atoms with van der Waals surface area (Å²) in [6, 6.07) is 5.87. The van der Waals surface area contributed by atoms with Gasteiger partial charge in [-0.1, -0.05) is 12.1 Å². The average molecular weight is 308 g/mol. The van der Waals surface area contributed by atoms with E-state index in [0.29, 0.717) is 11.5 Å². The van der Waals surface area contributed by atoms with Crippen LogP contribution in [0.25, 0.3) is 0 Å². The molecule has 0 aliphatic carbocycles. The van der Waals surface area contributed by atoms with E-state index >= 15 is 0 Å². The summed E-state index contributed by atoms with van der Waals surface area (Å²) in [5.41, 5.74) is 0.834. The molecule has 1 aromatic carbocycles. The largest absolute Gasteiger partial charge is 0.483 e. The summed E-state index contributed by atoms with van der Waals surface area (Å²) in [4.78, 5) is 11.7. The van der Waals surface area contributed by atoms with E-state index in [1.54, 1.807) is 6.07 Å². The molecule has 110 valence electrons. The molecule has 0 atom stereocenters. The quantitative estimate of drug-likeness (QED) is 0.868. The van der Waals surface area contributed by atoms with Crippen LogP contribution in [-0.2, 0) is 6.42 Å². The highest BCUT2D eigenvalue weighted by Crippen LogP contribution is 2.42. The highest BCUT2D eigenvalue weighted by atomic mass is 35.5. The fourth-order valence-electron chi connectivity index (χ4n) is 2.22. The van der Waals surface area contributed by atoms with E-state index in [1.165, 1.54) is 7.11 Å². The molecule has 0 spiro atoms. The Morgan fingerprint density at radius 1 is 1.19 bits per heavy atom. The molecule has 7 heteroatoms.